The predicted octanol–water partition coefficient (Wildman–Crippen LogP) is 13.2. The first-order chi connectivity index (χ1) is 27.0. The Morgan fingerprint density at radius 1 is 0.382 bits per heavy atom. The van der Waals surface area contributed by atoms with Crippen molar-refractivity contribution >= 4 is 17.9 Å². The number of ether oxygens (including phenoxy) is 3. The van der Waals surface area contributed by atoms with E-state index in [0.717, 1.165) is 77.0 Å². The third-order valence-electron chi connectivity index (χ3n) is 7.76. The van der Waals surface area contributed by atoms with Crippen LogP contribution in [-0.2, 0) is 28.6 Å². The van der Waals surface area contributed by atoms with Crippen LogP contribution in [0.3, 0.4) is 0 Å². The van der Waals surface area contributed by atoms with E-state index in [1.54, 1.807) is 0 Å². The molecule has 0 aromatic carbocycles. The molecule has 0 rings (SSSR count). The summed E-state index contributed by atoms with van der Waals surface area (Å²) in [5.74, 6) is -1.12. The highest BCUT2D eigenvalue weighted by Gasteiger charge is 2.19. The minimum atomic E-state index is -0.844. The number of rotatable bonds is 34. The fourth-order valence-corrected chi connectivity index (χ4v) is 4.73. The molecule has 304 valence electrons. The second-order valence-electron chi connectivity index (χ2n) is 12.9. The smallest absolute Gasteiger partial charge is 0.306 e. The van der Waals surface area contributed by atoms with Crippen LogP contribution in [0.4, 0.5) is 0 Å². The first kappa shape index (κ1) is 50.5. The highest BCUT2D eigenvalue weighted by Crippen LogP contribution is 2.09. The minimum absolute atomic E-state index is 0.142. The fraction of sp³-hybridized carbons (Fsp3) is 0.490. The van der Waals surface area contributed by atoms with Crippen LogP contribution in [0.5, 0.6) is 0 Å². The van der Waals surface area contributed by atoms with Crippen molar-refractivity contribution in [1.29, 1.82) is 0 Å². The average molecular weight is 757 g/mol. The van der Waals surface area contributed by atoms with Gasteiger partial charge in [-0.2, -0.15) is 0 Å². The van der Waals surface area contributed by atoms with E-state index >= 15 is 0 Å². The monoisotopic (exact) mass is 757 g/mol. The van der Waals surface area contributed by atoms with Crippen molar-refractivity contribution in [3.63, 3.8) is 0 Å². The van der Waals surface area contributed by atoms with Gasteiger partial charge in [0.2, 0.25) is 0 Å². The van der Waals surface area contributed by atoms with Crippen molar-refractivity contribution < 1.29 is 28.6 Å². The first-order valence-corrected chi connectivity index (χ1v) is 20.8. The summed E-state index contributed by atoms with van der Waals surface area (Å²) in [5, 5.41) is 0. The van der Waals surface area contributed by atoms with Gasteiger partial charge in [-0.15, -0.1) is 0 Å². The number of hydrogen-bond acceptors (Lipinski definition) is 6. The number of unbranched alkanes of at least 4 members (excludes halogenated alkanes) is 5. The van der Waals surface area contributed by atoms with Crippen molar-refractivity contribution in [2.24, 2.45) is 0 Å². The van der Waals surface area contributed by atoms with Crippen LogP contribution in [-0.4, -0.2) is 37.2 Å². The molecular weight excluding hydrogens is 685 g/mol. The topological polar surface area (TPSA) is 78.9 Å². The summed E-state index contributed by atoms with van der Waals surface area (Å²) in [6.45, 7) is 6.07. The van der Waals surface area contributed by atoms with Gasteiger partial charge in [0.05, 0.1) is 0 Å². The molecule has 0 radical (unpaired) electrons. The molecule has 0 N–H and O–H groups in total. The van der Waals surface area contributed by atoms with Crippen molar-refractivity contribution in [1.82, 2.24) is 0 Å². The standard InChI is InChI=1S/C49H72O6/c1-4-7-10-13-16-19-22-25-28-30-33-36-39-42-48(51)54-45-46(55-49(52)43-40-37-34-31-27-24-21-18-15-12-9-6-3)44-53-47(50)41-38-35-32-29-26-23-20-17-14-11-8-5-2/h7-13,16-22,25-31,33,46H,4-6,14-15,23-24,32,34-45H2,1-3H3/b10-7-,11-8-,12-9-,16-13-,20-17-,21-18-,22-19-,28-25-,29-26-,31-27-,33-30-. The Bertz CT molecular complexity index is 1280. The lowest BCUT2D eigenvalue weighted by molar-refractivity contribution is -0.167. The predicted molar refractivity (Wildman–Crippen MR) is 232 cm³/mol. The molecule has 0 aromatic rings. The zero-order valence-corrected chi connectivity index (χ0v) is 34.4. The molecule has 0 bridgehead atoms. The molecule has 1 atom stereocenters. The van der Waals surface area contributed by atoms with Gasteiger partial charge in [-0.3, -0.25) is 14.4 Å². The van der Waals surface area contributed by atoms with Gasteiger partial charge in [-0.05, 0) is 96.3 Å². The Kier molecular flexibility index (Phi) is 38.9. The first-order valence-electron chi connectivity index (χ1n) is 20.8. The van der Waals surface area contributed by atoms with Gasteiger partial charge in [-0.25, -0.2) is 0 Å². The maximum Gasteiger partial charge on any atom is 0.306 e. The molecule has 0 aliphatic rings. The number of allylic oxidation sites excluding steroid dienone is 22. The van der Waals surface area contributed by atoms with E-state index in [2.05, 4.69) is 99.8 Å². The van der Waals surface area contributed by atoms with E-state index in [4.69, 9.17) is 14.2 Å². The largest absolute Gasteiger partial charge is 0.462 e. The van der Waals surface area contributed by atoms with Gasteiger partial charge in [0, 0.05) is 19.3 Å². The normalized spacial score (nSPS) is 13.4. The second kappa shape index (κ2) is 42.3. The highest BCUT2D eigenvalue weighted by molar-refractivity contribution is 5.71. The molecule has 1 unspecified atom stereocenters. The van der Waals surface area contributed by atoms with Crippen LogP contribution in [0, 0.1) is 0 Å². The molecule has 55 heavy (non-hydrogen) atoms. The molecule has 0 heterocycles. The van der Waals surface area contributed by atoms with Gasteiger partial charge in [0.25, 0.3) is 0 Å². The summed E-state index contributed by atoms with van der Waals surface area (Å²) in [4.78, 5) is 37.6. The highest BCUT2D eigenvalue weighted by atomic mass is 16.6. The van der Waals surface area contributed by atoms with E-state index in [0.29, 0.717) is 19.3 Å². The maximum absolute atomic E-state index is 12.7. The number of carbonyl (C=O) groups excluding carboxylic acids is 3. The van der Waals surface area contributed by atoms with Crippen molar-refractivity contribution in [2.75, 3.05) is 13.2 Å². The molecule has 0 saturated carbocycles. The Hall–Kier alpha value is -4.45. The summed E-state index contributed by atoms with van der Waals surface area (Å²) in [6, 6.07) is 0. The molecule has 6 heteroatoms. The molecule has 0 amide bonds. The van der Waals surface area contributed by atoms with E-state index in [1.807, 2.05) is 54.7 Å². The van der Waals surface area contributed by atoms with Gasteiger partial charge in [0.1, 0.15) is 13.2 Å². The molecule has 0 spiro atoms. The Morgan fingerprint density at radius 3 is 1.22 bits per heavy atom. The van der Waals surface area contributed by atoms with Crippen LogP contribution >= 0.6 is 0 Å². The van der Waals surface area contributed by atoms with Crippen LogP contribution in [0.2, 0.25) is 0 Å². The van der Waals surface area contributed by atoms with Gasteiger partial charge < -0.3 is 14.2 Å². The lowest BCUT2D eigenvalue weighted by atomic mass is 10.1. The van der Waals surface area contributed by atoms with Gasteiger partial charge in [0.15, 0.2) is 6.10 Å². The molecule has 0 aliphatic carbocycles. The van der Waals surface area contributed by atoms with E-state index in [1.165, 1.54) is 0 Å². The zero-order valence-electron chi connectivity index (χ0n) is 34.4. The number of carbonyl (C=O) groups is 3. The quantitative estimate of drug-likeness (QED) is 0.0214. The maximum atomic E-state index is 12.7. The average Bonchev–Trinajstić information content (AvgIpc) is 3.18. The summed E-state index contributed by atoms with van der Waals surface area (Å²) >= 11 is 0. The molecule has 0 aliphatic heterocycles. The SMILES string of the molecule is CC\C=C/C=C\C=C/C=C\C=C/CCCC(=O)OCC(COC(=O)CCCC/C=C\C/C=C\C/C=C\CC)OC(=O)CCCC/C=C\C/C=C\C/C=C\CC. The van der Waals surface area contributed by atoms with Crippen molar-refractivity contribution in [2.45, 2.75) is 142 Å². The zero-order chi connectivity index (χ0) is 40.1. The third-order valence-corrected chi connectivity index (χ3v) is 7.76. The van der Waals surface area contributed by atoms with Crippen LogP contribution in [0.1, 0.15) is 136 Å². The third kappa shape index (κ3) is 40.6. The molecule has 0 aromatic heterocycles. The van der Waals surface area contributed by atoms with Crippen LogP contribution < -0.4 is 0 Å². The summed E-state index contributed by atoms with van der Waals surface area (Å²) < 4.78 is 16.5. The van der Waals surface area contributed by atoms with E-state index in [9.17, 15) is 14.4 Å². The number of hydrogen-bond donors (Lipinski definition) is 0. The molecule has 0 saturated heterocycles. The fourth-order valence-electron chi connectivity index (χ4n) is 4.73. The Morgan fingerprint density at radius 2 is 0.745 bits per heavy atom. The van der Waals surface area contributed by atoms with E-state index in [-0.39, 0.29) is 50.4 Å². The second-order valence-corrected chi connectivity index (χ2v) is 12.9. The lowest BCUT2D eigenvalue weighted by Gasteiger charge is -2.18. The minimum Gasteiger partial charge on any atom is -0.462 e. The Labute approximate surface area is 334 Å². The lowest BCUT2D eigenvalue weighted by Crippen LogP contribution is -2.30. The molecule has 0 fully saturated rings. The molecular formula is C49H72O6. The number of esters is 3. The van der Waals surface area contributed by atoms with Crippen LogP contribution in [0.15, 0.2) is 134 Å². The summed E-state index contributed by atoms with van der Waals surface area (Å²) in [7, 11) is 0. The van der Waals surface area contributed by atoms with Gasteiger partial charge >= 0.3 is 17.9 Å². The summed E-state index contributed by atoms with van der Waals surface area (Å²) in [5.41, 5.74) is 0. The van der Waals surface area contributed by atoms with Gasteiger partial charge in [-0.1, -0.05) is 154 Å². The van der Waals surface area contributed by atoms with E-state index < -0.39 is 6.10 Å². The summed E-state index contributed by atoms with van der Waals surface area (Å²) in [6.07, 6.45) is 58.8. The molecule has 6 nitrogen and oxygen atoms in total. The van der Waals surface area contributed by atoms with Crippen molar-refractivity contribution in [3.8, 4) is 0 Å². The van der Waals surface area contributed by atoms with Crippen LogP contribution in [0.25, 0.3) is 0 Å². The van der Waals surface area contributed by atoms with Crippen molar-refractivity contribution in [3.05, 3.63) is 134 Å². The Balaban J connectivity index is 4.67.